The first-order chi connectivity index (χ1) is 12.6. The van der Waals surface area contributed by atoms with Gasteiger partial charge < -0.3 is 10.4 Å². The molecule has 0 amide bonds. The Labute approximate surface area is 167 Å². The van der Waals surface area contributed by atoms with E-state index in [-0.39, 0.29) is 26.4 Å². The van der Waals surface area contributed by atoms with Crippen LogP contribution in [0, 0.1) is 0 Å². The average molecular weight is 451 g/mol. The first kappa shape index (κ1) is 20.2. The van der Waals surface area contributed by atoms with Crippen molar-refractivity contribution < 1.29 is 21.9 Å². The molecule has 1 heterocycles. The van der Waals surface area contributed by atoms with Crippen LogP contribution in [0.4, 0.5) is 11.4 Å². The highest BCUT2D eigenvalue weighted by atomic mass is 35.5. The Kier molecular flexibility index (Phi) is 5.60. The highest BCUT2D eigenvalue weighted by Gasteiger charge is 2.36. The van der Waals surface area contributed by atoms with E-state index in [1.165, 1.54) is 30.3 Å². The lowest BCUT2D eigenvalue weighted by Crippen LogP contribution is -2.31. The maximum absolute atomic E-state index is 12.4. The fourth-order valence-corrected chi connectivity index (χ4v) is 5.86. The monoisotopic (exact) mass is 450 g/mol. The Morgan fingerprint density at radius 1 is 0.963 bits per heavy atom. The van der Waals surface area contributed by atoms with Crippen LogP contribution in [0.3, 0.4) is 0 Å². The van der Waals surface area contributed by atoms with Gasteiger partial charge in [-0.2, -0.15) is 0 Å². The molecule has 1 aliphatic heterocycles. The van der Waals surface area contributed by atoms with Crippen LogP contribution >= 0.6 is 23.2 Å². The zero-order valence-corrected chi connectivity index (χ0v) is 16.9. The number of hydrogen-bond donors (Lipinski definition) is 3. The van der Waals surface area contributed by atoms with Crippen LogP contribution in [0.25, 0.3) is 0 Å². The number of aliphatic hydroxyl groups excluding tert-OH is 1. The molecule has 11 heteroatoms. The van der Waals surface area contributed by atoms with Crippen molar-refractivity contribution in [3.05, 3.63) is 52.5 Å². The summed E-state index contributed by atoms with van der Waals surface area (Å²) < 4.78 is 50.3. The van der Waals surface area contributed by atoms with Crippen molar-refractivity contribution in [1.29, 1.82) is 0 Å². The van der Waals surface area contributed by atoms with E-state index in [0.29, 0.717) is 11.4 Å². The zero-order valence-electron chi connectivity index (χ0n) is 13.8. The molecule has 3 rings (SSSR count). The smallest absolute Gasteiger partial charge is 0.261 e. The quantitative estimate of drug-likeness (QED) is 0.644. The fraction of sp³-hybridized carbons (Fsp3) is 0.250. The van der Waals surface area contributed by atoms with Gasteiger partial charge in [0, 0.05) is 11.4 Å². The maximum Gasteiger partial charge on any atom is 0.261 e. The zero-order chi connectivity index (χ0) is 19.8. The number of nitrogens with one attached hydrogen (secondary N) is 2. The molecular formula is C16H16Cl2N2O5S2. The summed E-state index contributed by atoms with van der Waals surface area (Å²) in [7, 11) is -7.10. The molecule has 0 unspecified atom stereocenters. The van der Waals surface area contributed by atoms with Crippen LogP contribution in [-0.4, -0.2) is 45.6 Å². The molecule has 1 saturated heterocycles. The average Bonchev–Trinajstić information content (AvgIpc) is 2.83. The number of sulfonamides is 1. The summed E-state index contributed by atoms with van der Waals surface area (Å²) in [6.07, 6.45) is -0.983. The van der Waals surface area contributed by atoms with Crippen LogP contribution < -0.4 is 10.0 Å². The lowest BCUT2D eigenvalue weighted by Gasteiger charge is -2.16. The van der Waals surface area contributed by atoms with Crippen molar-refractivity contribution in [3.8, 4) is 0 Å². The minimum Gasteiger partial charge on any atom is -0.390 e. The van der Waals surface area contributed by atoms with Crippen molar-refractivity contribution in [1.82, 2.24) is 0 Å². The van der Waals surface area contributed by atoms with Crippen molar-refractivity contribution in [3.63, 3.8) is 0 Å². The number of aliphatic hydroxyl groups is 1. The molecule has 1 aliphatic rings. The van der Waals surface area contributed by atoms with Gasteiger partial charge in [-0.05, 0) is 42.5 Å². The number of hydrogen-bond acceptors (Lipinski definition) is 6. The Bertz CT molecular complexity index is 1060. The summed E-state index contributed by atoms with van der Waals surface area (Å²) in [6, 6.07) is 9.61. The minimum atomic E-state index is -3.84. The third-order valence-electron chi connectivity index (χ3n) is 4.01. The van der Waals surface area contributed by atoms with E-state index >= 15 is 0 Å². The van der Waals surface area contributed by atoms with Gasteiger partial charge in [-0.3, -0.25) is 4.72 Å². The van der Waals surface area contributed by atoms with Crippen LogP contribution in [0.1, 0.15) is 0 Å². The minimum absolute atomic E-state index is 0.0293. The van der Waals surface area contributed by atoms with Crippen LogP contribution in [0.15, 0.2) is 47.4 Å². The molecule has 7 nitrogen and oxygen atoms in total. The molecular weight excluding hydrogens is 435 g/mol. The molecule has 2 aromatic rings. The summed E-state index contributed by atoms with van der Waals surface area (Å²) in [6.45, 7) is 0. The van der Waals surface area contributed by atoms with E-state index < -0.39 is 32.0 Å². The lowest BCUT2D eigenvalue weighted by molar-refractivity contribution is 0.190. The first-order valence-corrected chi connectivity index (χ1v) is 11.8. The van der Waals surface area contributed by atoms with E-state index in [9.17, 15) is 21.9 Å². The van der Waals surface area contributed by atoms with Gasteiger partial charge in [0.05, 0.1) is 38.6 Å². The summed E-state index contributed by atoms with van der Waals surface area (Å²) in [5.74, 6) is -0.425. The molecule has 27 heavy (non-hydrogen) atoms. The molecule has 0 aliphatic carbocycles. The summed E-state index contributed by atoms with van der Waals surface area (Å²) >= 11 is 11.7. The largest absolute Gasteiger partial charge is 0.390 e. The number of rotatable bonds is 5. The number of benzene rings is 2. The number of anilines is 2. The predicted octanol–water partition coefficient (Wildman–Crippen LogP) is 2.36. The van der Waals surface area contributed by atoms with Crippen molar-refractivity contribution >= 4 is 54.4 Å². The summed E-state index contributed by atoms with van der Waals surface area (Å²) in [5.41, 5.74) is 0.875. The maximum atomic E-state index is 12.4. The molecule has 3 N–H and O–H groups in total. The number of halogens is 2. The van der Waals surface area contributed by atoms with Gasteiger partial charge in [0.1, 0.15) is 0 Å². The van der Waals surface area contributed by atoms with Crippen LogP contribution in [-0.2, 0) is 19.9 Å². The van der Waals surface area contributed by atoms with E-state index in [4.69, 9.17) is 23.2 Å². The molecule has 0 aromatic heterocycles. The third kappa shape index (κ3) is 4.85. The molecule has 0 saturated carbocycles. The molecule has 146 valence electrons. The van der Waals surface area contributed by atoms with Crippen molar-refractivity contribution in [2.75, 3.05) is 21.5 Å². The van der Waals surface area contributed by atoms with Gasteiger partial charge in [-0.1, -0.05) is 23.2 Å². The Hall–Kier alpha value is -1.52. The second-order valence-corrected chi connectivity index (χ2v) is 10.8. The van der Waals surface area contributed by atoms with Gasteiger partial charge in [0.2, 0.25) is 0 Å². The van der Waals surface area contributed by atoms with Crippen molar-refractivity contribution in [2.45, 2.75) is 17.0 Å². The molecule has 0 radical (unpaired) electrons. The standard InChI is InChI=1S/C16H16Cl2N2O5S2/c17-13-6-5-12(7-14(13)18)27(24,25)20-11-3-1-10(2-4-11)19-15-8-26(22,23)9-16(15)21/h1-7,15-16,19-21H,8-9H2/t15-,16+/m1/s1. The van der Waals surface area contributed by atoms with Crippen molar-refractivity contribution in [2.24, 2.45) is 0 Å². The molecule has 2 aromatic carbocycles. The van der Waals surface area contributed by atoms with E-state index in [0.717, 1.165) is 0 Å². The molecule has 0 spiro atoms. The summed E-state index contributed by atoms with van der Waals surface area (Å²) in [5, 5.41) is 13.1. The lowest BCUT2D eigenvalue weighted by atomic mass is 10.2. The van der Waals surface area contributed by atoms with Gasteiger partial charge in [-0.15, -0.1) is 0 Å². The number of sulfone groups is 1. The molecule has 0 bridgehead atoms. The Morgan fingerprint density at radius 3 is 2.15 bits per heavy atom. The molecule has 2 atom stereocenters. The Balaban J connectivity index is 1.71. The fourth-order valence-electron chi connectivity index (χ4n) is 2.67. The van der Waals surface area contributed by atoms with E-state index in [1.807, 2.05) is 0 Å². The third-order valence-corrected chi connectivity index (χ3v) is 7.85. The van der Waals surface area contributed by atoms with E-state index in [1.54, 1.807) is 12.1 Å². The van der Waals surface area contributed by atoms with Gasteiger partial charge in [-0.25, -0.2) is 16.8 Å². The second kappa shape index (κ2) is 7.48. The van der Waals surface area contributed by atoms with Gasteiger partial charge in [0.15, 0.2) is 9.84 Å². The Morgan fingerprint density at radius 2 is 1.59 bits per heavy atom. The normalized spacial score (nSPS) is 21.7. The van der Waals surface area contributed by atoms with Crippen LogP contribution in [0.2, 0.25) is 10.0 Å². The highest BCUT2D eigenvalue weighted by Crippen LogP contribution is 2.26. The van der Waals surface area contributed by atoms with Gasteiger partial charge in [0.25, 0.3) is 10.0 Å². The predicted molar refractivity (Wildman–Crippen MR) is 106 cm³/mol. The summed E-state index contributed by atoms with van der Waals surface area (Å²) in [4.78, 5) is -0.0293. The second-order valence-electron chi connectivity index (χ2n) is 6.15. The SMILES string of the molecule is O=S1(=O)C[C@H](O)[C@H](Nc2ccc(NS(=O)(=O)c3ccc(Cl)c(Cl)c3)cc2)C1. The highest BCUT2D eigenvalue weighted by molar-refractivity contribution is 7.92. The van der Waals surface area contributed by atoms with Crippen LogP contribution in [0.5, 0.6) is 0 Å². The molecule has 1 fully saturated rings. The van der Waals surface area contributed by atoms with E-state index in [2.05, 4.69) is 10.0 Å². The van der Waals surface area contributed by atoms with Gasteiger partial charge >= 0.3 is 0 Å². The topological polar surface area (TPSA) is 113 Å². The first-order valence-electron chi connectivity index (χ1n) is 7.79.